The fourth-order valence-corrected chi connectivity index (χ4v) is 3.62. The molecule has 0 bridgehead atoms. The van der Waals surface area contributed by atoms with E-state index >= 15 is 0 Å². The predicted molar refractivity (Wildman–Crippen MR) is 92.0 cm³/mol. The van der Waals surface area contributed by atoms with Crippen molar-refractivity contribution in [3.63, 3.8) is 0 Å². The van der Waals surface area contributed by atoms with Gasteiger partial charge in [0.05, 0.1) is 29.5 Å². The average molecular weight is 358 g/mol. The molecule has 6 nitrogen and oxygen atoms in total. The Morgan fingerprint density at radius 2 is 2.16 bits per heavy atom. The van der Waals surface area contributed by atoms with Crippen LogP contribution in [-0.2, 0) is 24.8 Å². The standard InChI is InChI=1S/C17H15FN4O2S/c1-22-14(8-13(21-22)10-2-4-11(18)5-3-10)16(23)20-17-19-12-6-7-24-9-15(12)25-17/h2-5,8H,6-7,9H2,1H3,(H,19,20,23). The first kappa shape index (κ1) is 15.9. The van der Waals surface area contributed by atoms with Gasteiger partial charge in [0, 0.05) is 19.0 Å². The lowest BCUT2D eigenvalue weighted by Crippen LogP contribution is -2.16. The highest BCUT2D eigenvalue weighted by Crippen LogP contribution is 2.27. The SMILES string of the molecule is Cn1nc(-c2ccc(F)cc2)cc1C(=O)Nc1nc2c(s1)COCC2. The molecule has 1 N–H and O–H groups in total. The molecule has 0 atom stereocenters. The van der Waals surface area contributed by atoms with Crippen molar-refractivity contribution in [2.24, 2.45) is 7.05 Å². The van der Waals surface area contributed by atoms with Crippen molar-refractivity contribution >= 4 is 22.4 Å². The van der Waals surface area contributed by atoms with Crippen LogP contribution in [0.25, 0.3) is 11.3 Å². The van der Waals surface area contributed by atoms with E-state index in [1.807, 2.05) is 0 Å². The third kappa shape index (κ3) is 3.18. The molecule has 128 valence electrons. The maximum Gasteiger partial charge on any atom is 0.275 e. The fraction of sp³-hybridized carbons (Fsp3) is 0.235. The molecular formula is C17H15FN4O2S. The van der Waals surface area contributed by atoms with Gasteiger partial charge >= 0.3 is 0 Å². The molecule has 1 amide bonds. The van der Waals surface area contributed by atoms with Crippen LogP contribution in [0.3, 0.4) is 0 Å². The molecule has 25 heavy (non-hydrogen) atoms. The molecule has 0 fully saturated rings. The minimum absolute atomic E-state index is 0.282. The molecule has 0 radical (unpaired) electrons. The highest BCUT2D eigenvalue weighted by Gasteiger charge is 2.19. The van der Waals surface area contributed by atoms with Gasteiger partial charge in [-0.3, -0.25) is 14.8 Å². The summed E-state index contributed by atoms with van der Waals surface area (Å²) < 4.78 is 20.0. The number of halogens is 1. The van der Waals surface area contributed by atoms with Crippen LogP contribution in [0.4, 0.5) is 9.52 Å². The average Bonchev–Trinajstić information content (AvgIpc) is 3.18. The predicted octanol–water partition coefficient (Wildman–Crippen LogP) is 3.01. The Kier molecular flexibility index (Phi) is 4.06. The van der Waals surface area contributed by atoms with Crippen LogP contribution in [0.15, 0.2) is 30.3 Å². The summed E-state index contributed by atoms with van der Waals surface area (Å²) >= 11 is 1.43. The first-order chi connectivity index (χ1) is 12.1. The summed E-state index contributed by atoms with van der Waals surface area (Å²) in [5.41, 5.74) is 2.75. The summed E-state index contributed by atoms with van der Waals surface area (Å²) in [6.07, 6.45) is 0.766. The molecule has 0 aliphatic carbocycles. The van der Waals surface area contributed by atoms with E-state index < -0.39 is 0 Å². The maximum absolute atomic E-state index is 13.1. The number of ether oxygens (including phenoxy) is 1. The van der Waals surface area contributed by atoms with Crippen LogP contribution in [0.1, 0.15) is 21.1 Å². The molecule has 0 saturated carbocycles. The second-order valence-corrected chi connectivity index (χ2v) is 6.77. The minimum Gasteiger partial charge on any atom is -0.375 e. The van der Waals surface area contributed by atoms with Gasteiger partial charge in [0.1, 0.15) is 11.5 Å². The van der Waals surface area contributed by atoms with Crippen molar-refractivity contribution in [1.82, 2.24) is 14.8 Å². The second kappa shape index (κ2) is 6.38. The van der Waals surface area contributed by atoms with Crippen LogP contribution in [0.5, 0.6) is 0 Å². The number of aryl methyl sites for hydroxylation is 1. The Bertz CT molecular complexity index is 909. The van der Waals surface area contributed by atoms with Crippen molar-refractivity contribution < 1.29 is 13.9 Å². The van der Waals surface area contributed by atoms with E-state index in [2.05, 4.69) is 15.4 Å². The number of carbonyl (C=O) groups excluding carboxylic acids is 1. The summed E-state index contributed by atoms with van der Waals surface area (Å²) in [6, 6.07) is 7.68. The molecule has 0 saturated heterocycles. The molecule has 2 aromatic heterocycles. The molecule has 3 heterocycles. The van der Waals surface area contributed by atoms with Gasteiger partial charge in [0.15, 0.2) is 5.13 Å². The Labute approximate surface area is 147 Å². The van der Waals surface area contributed by atoms with Crippen molar-refractivity contribution in [1.29, 1.82) is 0 Å². The Morgan fingerprint density at radius 3 is 2.92 bits per heavy atom. The van der Waals surface area contributed by atoms with Crippen LogP contribution in [0.2, 0.25) is 0 Å². The quantitative estimate of drug-likeness (QED) is 0.781. The van der Waals surface area contributed by atoms with Crippen molar-refractivity contribution in [3.8, 4) is 11.3 Å². The van der Waals surface area contributed by atoms with Crippen LogP contribution in [0, 0.1) is 5.82 Å². The summed E-state index contributed by atoms with van der Waals surface area (Å²) in [6.45, 7) is 1.20. The largest absolute Gasteiger partial charge is 0.375 e. The van der Waals surface area contributed by atoms with E-state index in [9.17, 15) is 9.18 Å². The monoisotopic (exact) mass is 358 g/mol. The zero-order valence-corrected chi connectivity index (χ0v) is 14.3. The van der Waals surface area contributed by atoms with E-state index in [1.54, 1.807) is 25.2 Å². The number of aromatic nitrogens is 3. The number of thiazole rings is 1. The lowest BCUT2D eigenvalue weighted by molar-refractivity contribution is 0.101. The van der Waals surface area contributed by atoms with Crippen molar-refractivity contribution in [2.45, 2.75) is 13.0 Å². The number of nitrogens with zero attached hydrogens (tertiary/aromatic N) is 3. The fourth-order valence-electron chi connectivity index (χ4n) is 2.68. The number of hydrogen-bond donors (Lipinski definition) is 1. The third-order valence-electron chi connectivity index (χ3n) is 3.97. The lowest BCUT2D eigenvalue weighted by atomic mass is 10.1. The summed E-state index contributed by atoms with van der Waals surface area (Å²) in [5, 5.41) is 7.72. The van der Waals surface area contributed by atoms with Gasteiger partial charge in [-0.1, -0.05) is 11.3 Å². The number of nitrogens with one attached hydrogen (secondary N) is 1. The molecule has 3 aromatic rings. The Hall–Kier alpha value is -2.58. The molecule has 1 aliphatic heterocycles. The Balaban J connectivity index is 1.56. The zero-order chi connectivity index (χ0) is 17.4. The highest BCUT2D eigenvalue weighted by molar-refractivity contribution is 7.15. The van der Waals surface area contributed by atoms with Gasteiger partial charge in [0.25, 0.3) is 5.91 Å². The smallest absolute Gasteiger partial charge is 0.275 e. The summed E-state index contributed by atoms with van der Waals surface area (Å²) in [4.78, 5) is 18.1. The topological polar surface area (TPSA) is 69.0 Å². The molecule has 0 unspecified atom stereocenters. The summed E-state index contributed by atoms with van der Waals surface area (Å²) in [7, 11) is 1.70. The van der Waals surface area contributed by atoms with Crippen molar-refractivity contribution in [2.75, 3.05) is 11.9 Å². The normalized spacial score (nSPS) is 13.5. The molecule has 0 spiro atoms. The van der Waals surface area contributed by atoms with Gasteiger partial charge in [-0.05, 0) is 30.3 Å². The van der Waals surface area contributed by atoms with Crippen LogP contribution >= 0.6 is 11.3 Å². The van der Waals surface area contributed by atoms with E-state index in [1.165, 1.54) is 28.2 Å². The molecule has 4 rings (SSSR count). The number of benzene rings is 1. The maximum atomic E-state index is 13.1. The molecule has 8 heteroatoms. The number of amides is 1. The van der Waals surface area contributed by atoms with Crippen molar-refractivity contribution in [3.05, 3.63) is 52.4 Å². The van der Waals surface area contributed by atoms with Gasteiger partial charge in [0.2, 0.25) is 0 Å². The number of hydrogen-bond acceptors (Lipinski definition) is 5. The minimum atomic E-state index is -0.311. The van der Waals surface area contributed by atoms with Crippen LogP contribution < -0.4 is 5.32 Å². The van der Waals surface area contributed by atoms with E-state index in [0.717, 1.165) is 22.6 Å². The zero-order valence-electron chi connectivity index (χ0n) is 13.5. The number of anilines is 1. The number of rotatable bonds is 3. The molecular weight excluding hydrogens is 343 g/mol. The number of carbonyl (C=O) groups is 1. The molecule has 1 aromatic carbocycles. The van der Waals surface area contributed by atoms with Gasteiger partial charge in [-0.25, -0.2) is 9.37 Å². The Morgan fingerprint density at radius 1 is 1.36 bits per heavy atom. The first-order valence-electron chi connectivity index (χ1n) is 7.78. The second-order valence-electron chi connectivity index (χ2n) is 5.69. The third-order valence-corrected chi connectivity index (χ3v) is 4.95. The molecule has 1 aliphatic rings. The van der Waals surface area contributed by atoms with Gasteiger partial charge in [-0.15, -0.1) is 0 Å². The highest BCUT2D eigenvalue weighted by atomic mass is 32.1. The van der Waals surface area contributed by atoms with E-state index in [0.29, 0.717) is 29.7 Å². The van der Waals surface area contributed by atoms with E-state index in [-0.39, 0.29) is 11.7 Å². The van der Waals surface area contributed by atoms with Crippen LogP contribution in [-0.4, -0.2) is 27.3 Å². The lowest BCUT2D eigenvalue weighted by Gasteiger charge is -2.08. The summed E-state index contributed by atoms with van der Waals surface area (Å²) in [5.74, 6) is -0.593. The van der Waals surface area contributed by atoms with Gasteiger partial charge < -0.3 is 4.74 Å². The van der Waals surface area contributed by atoms with E-state index in [4.69, 9.17) is 4.74 Å². The number of fused-ring (bicyclic) bond motifs is 1. The van der Waals surface area contributed by atoms with Gasteiger partial charge in [-0.2, -0.15) is 5.10 Å². The first-order valence-corrected chi connectivity index (χ1v) is 8.59.